The summed E-state index contributed by atoms with van der Waals surface area (Å²) in [5.74, 6) is 1.02. The van der Waals surface area contributed by atoms with Crippen molar-refractivity contribution in [2.45, 2.75) is 12.8 Å². The Morgan fingerprint density at radius 1 is 1.50 bits per heavy atom. The molecule has 0 aliphatic carbocycles. The maximum atomic E-state index is 8.91. The second-order valence-corrected chi connectivity index (χ2v) is 2.86. The van der Waals surface area contributed by atoms with E-state index in [-0.39, 0.29) is 12.5 Å². The minimum atomic E-state index is 0.174. The average Bonchev–Trinajstić information content (AvgIpc) is 2.17. The molecule has 0 bridgehead atoms. The molecule has 0 spiro atoms. The van der Waals surface area contributed by atoms with Crippen molar-refractivity contribution >= 4 is 0 Å². The summed E-state index contributed by atoms with van der Waals surface area (Å²) in [6.45, 7) is 2.15. The van der Waals surface area contributed by atoms with E-state index in [1.807, 2.05) is 31.2 Å². The zero-order chi connectivity index (χ0) is 8.97. The maximum absolute atomic E-state index is 8.91. The summed E-state index contributed by atoms with van der Waals surface area (Å²) in [6.07, 6.45) is 0. The molecule has 0 saturated carbocycles. The first-order valence-electron chi connectivity index (χ1n) is 4.02. The molecule has 12 heavy (non-hydrogen) atoms. The predicted molar refractivity (Wildman–Crippen MR) is 48.5 cm³/mol. The fraction of sp³-hybridized carbons (Fsp3) is 0.400. The molecule has 1 N–H and O–H groups in total. The lowest BCUT2D eigenvalue weighted by atomic mass is 10.0. The molecule has 0 aliphatic rings. The molecule has 0 radical (unpaired) electrons. The van der Waals surface area contributed by atoms with Crippen LogP contribution in [-0.2, 0) is 0 Å². The van der Waals surface area contributed by atoms with E-state index in [2.05, 4.69) is 0 Å². The summed E-state index contributed by atoms with van der Waals surface area (Å²) in [5, 5.41) is 8.91. The van der Waals surface area contributed by atoms with Crippen molar-refractivity contribution in [3.63, 3.8) is 0 Å². The van der Waals surface area contributed by atoms with Gasteiger partial charge in [0.05, 0.1) is 7.11 Å². The fourth-order valence-electron chi connectivity index (χ4n) is 1.05. The molecule has 2 nitrogen and oxygen atoms in total. The summed E-state index contributed by atoms with van der Waals surface area (Å²) >= 11 is 0. The number of hydrogen-bond donors (Lipinski definition) is 1. The number of rotatable bonds is 3. The Hall–Kier alpha value is -1.02. The molecular formula is C10H14O2. The van der Waals surface area contributed by atoms with Crippen molar-refractivity contribution in [3.8, 4) is 5.75 Å². The van der Waals surface area contributed by atoms with E-state index in [1.54, 1.807) is 7.11 Å². The van der Waals surface area contributed by atoms with Crippen molar-refractivity contribution in [3.05, 3.63) is 29.8 Å². The van der Waals surface area contributed by atoms with Gasteiger partial charge in [0.1, 0.15) is 5.75 Å². The molecule has 0 amide bonds. The minimum Gasteiger partial charge on any atom is -0.497 e. The Balaban J connectivity index is 2.86. The summed E-state index contributed by atoms with van der Waals surface area (Å²) in [7, 11) is 1.64. The monoisotopic (exact) mass is 166 g/mol. The van der Waals surface area contributed by atoms with Crippen LogP contribution in [0.4, 0.5) is 0 Å². The topological polar surface area (TPSA) is 29.5 Å². The number of aliphatic hydroxyl groups is 1. The highest BCUT2D eigenvalue weighted by atomic mass is 16.5. The van der Waals surface area contributed by atoms with Gasteiger partial charge in [0, 0.05) is 12.5 Å². The van der Waals surface area contributed by atoms with E-state index in [0.717, 1.165) is 11.3 Å². The van der Waals surface area contributed by atoms with Crippen LogP contribution in [0.5, 0.6) is 5.75 Å². The Morgan fingerprint density at radius 3 is 2.83 bits per heavy atom. The van der Waals surface area contributed by atoms with Crippen molar-refractivity contribution < 1.29 is 9.84 Å². The molecule has 1 aromatic rings. The molecule has 0 aliphatic heterocycles. The van der Waals surface area contributed by atoms with Crippen LogP contribution in [0.15, 0.2) is 24.3 Å². The summed E-state index contributed by atoms with van der Waals surface area (Å²) in [5.41, 5.74) is 1.11. The van der Waals surface area contributed by atoms with E-state index >= 15 is 0 Å². The molecule has 0 heterocycles. The Morgan fingerprint density at radius 2 is 2.25 bits per heavy atom. The van der Waals surface area contributed by atoms with Gasteiger partial charge in [-0.1, -0.05) is 19.1 Å². The number of benzene rings is 1. The van der Waals surface area contributed by atoms with Crippen LogP contribution in [0.3, 0.4) is 0 Å². The quantitative estimate of drug-likeness (QED) is 0.741. The highest BCUT2D eigenvalue weighted by molar-refractivity contribution is 5.30. The highest BCUT2D eigenvalue weighted by Crippen LogP contribution is 2.19. The molecule has 0 saturated heterocycles. The predicted octanol–water partition coefficient (Wildman–Crippen LogP) is 1.79. The van der Waals surface area contributed by atoms with Gasteiger partial charge >= 0.3 is 0 Å². The SMILES string of the molecule is COc1cccc(C(C)CO)c1. The van der Waals surface area contributed by atoms with E-state index in [9.17, 15) is 0 Å². The van der Waals surface area contributed by atoms with Crippen molar-refractivity contribution in [2.24, 2.45) is 0 Å². The normalized spacial score (nSPS) is 12.6. The minimum absolute atomic E-state index is 0.174. The largest absolute Gasteiger partial charge is 0.497 e. The zero-order valence-electron chi connectivity index (χ0n) is 7.45. The molecule has 0 fully saturated rings. The Kier molecular flexibility index (Phi) is 3.11. The fourth-order valence-corrected chi connectivity index (χ4v) is 1.05. The second-order valence-electron chi connectivity index (χ2n) is 2.86. The number of ether oxygens (including phenoxy) is 1. The lowest BCUT2D eigenvalue weighted by Gasteiger charge is -2.09. The van der Waals surface area contributed by atoms with Gasteiger partial charge in [-0.15, -0.1) is 0 Å². The molecule has 2 heteroatoms. The first-order chi connectivity index (χ1) is 5.77. The van der Waals surface area contributed by atoms with Crippen molar-refractivity contribution in [2.75, 3.05) is 13.7 Å². The first-order valence-corrected chi connectivity index (χ1v) is 4.02. The Bertz CT molecular complexity index is 245. The van der Waals surface area contributed by atoms with Crippen LogP contribution in [-0.4, -0.2) is 18.8 Å². The van der Waals surface area contributed by atoms with Crippen LogP contribution < -0.4 is 4.74 Å². The van der Waals surface area contributed by atoms with E-state index in [4.69, 9.17) is 9.84 Å². The summed E-state index contributed by atoms with van der Waals surface area (Å²) < 4.78 is 5.07. The second kappa shape index (κ2) is 4.12. The third-order valence-corrected chi connectivity index (χ3v) is 1.94. The number of hydrogen-bond acceptors (Lipinski definition) is 2. The van der Waals surface area contributed by atoms with Crippen LogP contribution in [0.25, 0.3) is 0 Å². The highest BCUT2D eigenvalue weighted by Gasteiger charge is 2.03. The first kappa shape index (κ1) is 9.07. The third-order valence-electron chi connectivity index (χ3n) is 1.94. The van der Waals surface area contributed by atoms with Gasteiger partial charge in [0.2, 0.25) is 0 Å². The standard InChI is InChI=1S/C10H14O2/c1-8(7-11)9-4-3-5-10(6-9)12-2/h3-6,8,11H,7H2,1-2H3. The maximum Gasteiger partial charge on any atom is 0.119 e. The Labute approximate surface area is 72.8 Å². The number of aliphatic hydroxyl groups excluding tert-OH is 1. The molecule has 0 aromatic heterocycles. The lowest BCUT2D eigenvalue weighted by Crippen LogP contribution is -1.98. The summed E-state index contributed by atoms with van der Waals surface area (Å²) in [6, 6.07) is 7.76. The van der Waals surface area contributed by atoms with Gasteiger partial charge in [-0.05, 0) is 17.7 Å². The van der Waals surface area contributed by atoms with E-state index in [1.165, 1.54) is 0 Å². The average molecular weight is 166 g/mol. The van der Waals surface area contributed by atoms with Gasteiger partial charge in [0.15, 0.2) is 0 Å². The van der Waals surface area contributed by atoms with E-state index in [0.29, 0.717) is 0 Å². The molecular weight excluding hydrogens is 152 g/mol. The molecule has 1 unspecified atom stereocenters. The van der Waals surface area contributed by atoms with Gasteiger partial charge in [-0.3, -0.25) is 0 Å². The van der Waals surface area contributed by atoms with Gasteiger partial charge in [-0.2, -0.15) is 0 Å². The molecule has 66 valence electrons. The smallest absolute Gasteiger partial charge is 0.119 e. The van der Waals surface area contributed by atoms with Crippen LogP contribution >= 0.6 is 0 Å². The van der Waals surface area contributed by atoms with E-state index < -0.39 is 0 Å². The number of methoxy groups -OCH3 is 1. The van der Waals surface area contributed by atoms with Crippen LogP contribution in [0.2, 0.25) is 0 Å². The van der Waals surface area contributed by atoms with Crippen molar-refractivity contribution in [1.29, 1.82) is 0 Å². The molecule has 1 aromatic carbocycles. The molecule has 1 atom stereocenters. The zero-order valence-corrected chi connectivity index (χ0v) is 7.45. The summed E-state index contributed by atoms with van der Waals surface area (Å²) in [4.78, 5) is 0. The van der Waals surface area contributed by atoms with Crippen molar-refractivity contribution in [1.82, 2.24) is 0 Å². The van der Waals surface area contributed by atoms with Gasteiger partial charge in [0.25, 0.3) is 0 Å². The third kappa shape index (κ3) is 1.98. The van der Waals surface area contributed by atoms with Crippen LogP contribution in [0, 0.1) is 0 Å². The molecule has 1 rings (SSSR count). The van der Waals surface area contributed by atoms with Crippen LogP contribution in [0.1, 0.15) is 18.4 Å². The van der Waals surface area contributed by atoms with Gasteiger partial charge < -0.3 is 9.84 Å². The van der Waals surface area contributed by atoms with Gasteiger partial charge in [-0.25, -0.2) is 0 Å². The lowest BCUT2D eigenvalue weighted by molar-refractivity contribution is 0.273.